The van der Waals surface area contributed by atoms with E-state index in [9.17, 15) is 5.11 Å². The van der Waals surface area contributed by atoms with Crippen molar-refractivity contribution in [2.24, 2.45) is 0 Å². The average molecular weight is 257 g/mol. The molecule has 5 heteroatoms. The van der Waals surface area contributed by atoms with E-state index in [-0.39, 0.29) is 6.61 Å². The molecule has 5 nitrogen and oxygen atoms in total. The van der Waals surface area contributed by atoms with Gasteiger partial charge in [-0.1, -0.05) is 25.1 Å². The first-order chi connectivity index (χ1) is 9.33. The van der Waals surface area contributed by atoms with Crippen molar-refractivity contribution in [3.63, 3.8) is 0 Å². The number of aliphatic hydroxyl groups is 1. The summed E-state index contributed by atoms with van der Waals surface area (Å²) < 4.78 is 7.61. The standard InChI is InChI=1S/C14H15N3O2/c1-2-13-15-16-14(19-13)12-9-10-5-3-4-6-11(10)17(12)7-8-18/h3-6,9,18H,2,7-8H2,1H3. The summed E-state index contributed by atoms with van der Waals surface area (Å²) in [5, 5.41) is 18.4. The summed E-state index contributed by atoms with van der Waals surface area (Å²) in [5.74, 6) is 1.12. The molecule has 1 N–H and O–H groups in total. The predicted molar refractivity (Wildman–Crippen MR) is 71.7 cm³/mol. The van der Waals surface area contributed by atoms with Crippen LogP contribution in [0.5, 0.6) is 0 Å². The van der Waals surface area contributed by atoms with Crippen LogP contribution in [0.3, 0.4) is 0 Å². The van der Waals surface area contributed by atoms with Crippen LogP contribution in [0.15, 0.2) is 34.7 Å². The van der Waals surface area contributed by atoms with Gasteiger partial charge in [-0.2, -0.15) is 0 Å². The van der Waals surface area contributed by atoms with Crippen molar-refractivity contribution in [3.8, 4) is 11.6 Å². The van der Waals surface area contributed by atoms with E-state index in [2.05, 4.69) is 10.2 Å². The topological polar surface area (TPSA) is 64.1 Å². The van der Waals surface area contributed by atoms with Crippen molar-refractivity contribution in [3.05, 3.63) is 36.2 Å². The Balaban J connectivity index is 2.18. The number of fused-ring (bicyclic) bond motifs is 1. The molecular weight excluding hydrogens is 242 g/mol. The monoisotopic (exact) mass is 257 g/mol. The van der Waals surface area contributed by atoms with Crippen molar-refractivity contribution in [1.29, 1.82) is 0 Å². The van der Waals surface area contributed by atoms with E-state index in [0.29, 0.717) is 24.7 Å². The van der Waals surface area contributed by atoms with E-state index in [1.807, 2.05) is 41.8 Å². The van der Waals surface area contributed by atoms with Gasteiger partial charge in [0.1, 0.15) is 5.69 Å². The molecule has 0 spiro atoms. The van der Waals surface area contributed by atoms with Gasteiger partial charge in [0.15, 0.2) is 0 Å². The van der Waals surface area contributed by atoms with Gasteiger partial charge in [0.2, 0.25) is 5.89 Å². The van der Waals surface area contributed by atoms with E-state index in [1.165, 1.54) is 0 Å². The summed E-state index contributed by atoms with van der Waals surface area (Å²) in [7, 11) is 0. The molecule has 0 aliphatic rings. The number of benzene rings is 1. The van der Waals surface area contributed by atoms with Crippen LogP contribution in [0.1, 0.15) is 12.8 Å². The lowest BCUT2D eigenvalue weighted by atomic mass is 10.2. The smallest absolute Gasteiger partial charge is 0.264 e. The molecule has 0 atom stereocenters. The van der Waals surface area contributed by atoms with Crippen molar-refractivity contribution < 1.29 is 9.52 Å². The zero-order chi connectivity index (χ0) is 13.2. The van der Waals surface area contributed by atoms with Gasteiger partial charge < -0.3 is 14.1 Å². The summed E-state index contributed by atoms with van der Waals surface area (Å²) >= 11 is 0. The van der Waals surface area contributed by atoms with Gasteiger partial charge in [0, 0.05) is 23.9 Å². The van der Waals surface area contributed by atoms with Crippen LogP contribution >= 0.6 is 0 Å². The second kappa shape index (κ2) is 4.85. The first-order valence-corrected chi connectivity index (χ1v) is 6.35. The quantitative estimate of drug-likeness (QED) is 0.778. The molecule has 0 saturated heterocycles. The minimum absolute atomic E-state index is 0.0699. The number of hydrogen-bond donors (Lipinski definition) is 1. The molecule has 0 saturated carbocycles. The summed E-state index contributed by atoms with van der Waals surface area (Å²) in [4.78, 5) is 0. The second-order valence-electron chi connectivity index (χ2n) is 4.32. The zero-order valence-electron chi connectivity index (χ0n) is 10.7. The Kier molecular flexibility index (Phi) is 3.05. The van der Waals surface area contributed by atoms with E-state index in [4.69, 9.17) is 4.42 Å². The lowest BCUT2D eigenvalue weighted by Crippen LogP contribution is -2.03. The highest BCUT2D eigenvalue weighted by atomic mass is 16.4. The molecule has 0 aliphatic heterocycles. The van der Waals surface area contributed by atoms with Crippen LogP contribution < -0.4 is 0 Å². The largest absolute Gasteiger partial charge is 0.419 e. The first-order valence-electron chi connectivity index (χ1n) is 6.35. The van der Waals surface area contributed by atoms with E-state index < -0.39 is 0 Å². The molecule has 0 amide bonds. The predicted octanol–water partition coefficient (Wildman–Crippen LogP) is 2.25. The molecule has 19 heavy (non-hydrogen) atoms. The zero-order valence-corrected chi connectivity index (χ0v) is 10.7. The van der Waals surface area contributed by atoms with Crippen LogP contribution in [0, 0.1) is 0 Å². The highest BCUT2D eigenvalue weighted by molar-refractivity contribution is 5.85. The Bertz CT molecular complexity index is 700. The number of hydrogen-bond acceptors (Lipinski definition) is 4. The van der Waals surface area contributed by atoms with E-state index in [0.717, 1.165) is 16.6 Å². The number of aryl methyl sites for hydroxylation is 1. The Hall–Kier alpha value is -2.14. The van der Waals surface area contributed by atoms with Crippen molar-refractivity contribution in [1.82, 2.24) is 14.8 Å². The van der Waals surface area contributed by atoms with Crippen molar-refractivity contribution >= 4 is 10.9 Å². The molecule has 0 aliphatic carbocycles. The minimum atomic E-state index is 0.0699. The third-order valence-electron chi connectivity index (χ3n) is 3.12. The van der Waals surface area contributed by atoms with Gasteiger partial charge >= 0.3 is 0 Å². The minimum Gasteiger partial charge on any atom is -0.419 e. The SMILES string of the molecule is CCc1nnc(-c2cc3ccccc3n2CCO)o1. The summed E-state index contributed by atoms with van der Waals surface area (Å²) in [6.45, 7) is 2.55. The fraction of sp³-hybridized carbons (Fsp3) is 0.286. The molecular formula is C14H15N3O2. The highest BCUT2D eigenvalue weighted by Gasteiger charge is 2.15. The number of aromatic nitrogens is 3. The maximum atomic E-state index is 9.23. The fourth-order valence-electron chi connectivity index (χ4n) is 2.23. The summed E-state index contributed by atoms with van der Waals surface area (Å²) in [5.41, 5.74) is 1.91. The van der Waals surface area contributed by atoms with Crippen LogP contribution in [-0.2, 0) is 13.0 Å². The molecule has 0 fully saturated rings. The lowest BCUT2D eigenvalue weighted by Gasteiger charge is -2.05. The molecule has 2 aromatic heterocycles. The van der Waals surface area contributed by atoms with Crippen LogP contribution in [-0.4, -0.2) is 26.5 Å². The normalized spacial score (nSPS) is 11.3. The average Bonchev–Trinajstić information content (AvgIpc) is 3.04. The Labute approximate surface area is 110 Å². The number of nitrogens with zero attached hydrogens (tertiary/aromatic N) is 3. The van der Waals surface area contributed by atoms with Crippen LogP contribution in [0.4, 0.5) is 0 Å². The van der Waals surface area contributed by atoms with Gasteiger partial charge in [0.25, 0.3) is 5.89 Å². The van der Waals surface area contributed by atoms with Gasteiger partial charge in [-0.25, -0.2) is 0 Å². The van der Waals surface area contributed by atoms with E-state index >= 15 is 0 Å². The fourth-order valence-corrected chi connectivity index (χ4v) is 2.23. The van der Waals surface area contributed by atoms with E-state index in [1.54, 1.807) is 0 Å². The van der Waals surface area contributed by atoms with Crippen molar-refractivity contribution in [2.75, 3.05) is 6.61 Å². The Morgan fingerprint density at radius 3 is 2.84 bits per heavy atom. The third-order valence-corrected chi connectivity index (χ3v) is 3.12. The number of rotatable bonds is 4. The molecule has 0 unspecified atom stereocenters. The molecule has 0 radical (unpaired) electrons. The van der Waals surface area contributed by atoms with Crippen LogP contribution in [0.2, 0.25) is 0 Å². The molecule has 98 valence electrons. The van der Waals surface area contributed by atoms with Crippen LogP contribution in [0.25, 0.3) is 22.5 Å². The van der Waals surface area contributed by atoms with Gasteiger partial charge in [-0.15, -0.1) is 10.2 Å². The Morgan fingerprint density at radius 2 is 2.11 bits per heavy atom. The van der Waals surface area contributed by atoms with Gasteiger partial charge in [-0.05, 0) is 12.1 Å². The molecule has 3 aromatic rings. The third kappa shape index (κ3) is 2.02. The highest BCUT2D eigenvalue weighted by Crippen LogP contribution is 2.27. The molecule has 1 aromatic carbocycles. The number of para-hydroxylation sites is 1. The molecule has 0 bridgehead atoms. The molecule has 3 rings (SSSR count). The summed E-state index contributed by atoms with van der Waals surface area (Å²) in [6, 6.07) is 10.0. The maximum absolute atomic E-state index is 9.23. The molecule has 2 heterocycles. The van der Waals surface area contributed by atoms with Gasteiger partial charge in [0.05, 0.1) is 6.61 Å². The first kappa shape index (κ1) is 11.9. The van der Waals surface area contributed by atoms with Gasteiger partial charge in [-0.3, -0.25) is 0 Å². The second-order valence-corrected chi connectivity index (χ2v) is 4.32. The number of aliphatic hydroxyl groups excluding tert-OH is 1. The maximum Gasteiger partial charge on any atom is 0.264 e. The Morgan fingerprint density at radius 1 is 1.26 bits per heavy atom. The lowest BCUT2D eigenvalue weighted by molar-refractivity contribution is 0.278. The van der Waals surface area contributed by atoms with Crippen molar-refractivity contribution in [2.45, 2.75) is 19.9 Å². The summed E-state index contributed by atoms with van der Waals surface area (Å²) in [6.07, 6.45) is 0.716.